The summed E-state index contributed by atoms with van der Waals surface area (Å²) in [4.78, 5) is 19.7. The Balaban J connectivity index is 2.71. The van der Waals surface area contributed by atoms with E-state index in [2.05, 4.69) is 20.6 Å². The van der Waals surface area contributed by atoms with Crippen LogP contribution in [0.1, 0.15) is 27.2 Å². The molecular formula is C12H21N5O2. The number of nitrogen functional groups attached to an aromatic ring is 1. The van der Waals surface area contributed by atoms with Gasteiger partial charge in [0, 0.05) is 6.54 Å². The minimum absolute atomic E-state index is 0.0992. The van der Waals surface area contributed by atoms with Crippen LogP contribution in [0.4, 0.5) is 11.5 Å². The van der Waals surface area contributed by atoms with Crippen LogP contribution in [0.5, 0.6) is 5.88 Å². The normalized spacial score (nSPS) is 11.7. The average molecular weight is 267 g/mol. The first kappa shape index (κ1) is 15.0. The third kappa shape index (κ3) is 4.27. The predicted octanol–water partition coefficient (Wildman–Crippen LogP) is 0.784. The second-order valence-electron chi connectivity index (χ2n) is 4.03. The van der Waals surface area contributed by atoms with Gasteiger partial charge in [-0.25, -0.2) is 4.98 Å². The van der Waals surface area contributed by atoms with E-state index >= 15 is 0 Å². The molecule has 1 rings (SSSR count). The fourth-order valence-electron chi connectivity index (χ4n) is 1.42. The zero-order chi connectivity index (χ0) is 14.3. The van der Waals surface area contributed by atoms with Gasteiger partial charge in [0.2, 0.25) is 11.8 Å². The Morgan fingerprint density at radius 3 is 2.84 bits per heavy atom. The zero-order valence-corrected chi connectivity index (χ0v) is 11.6. The number of anilines is 2. The number of nitrogens with two attached hydrogens (primary N) is 1. The molecule has 0 aliphatic carbocycles. The van der Waals surface area contributed by atoms with Gasteiger partial charge in [0.15, 0.2) is 5.82 Å². The molecule has 7 nitrogen and oxygen atoms in total. The SMILES string of the molecule is CCCNC(=O)C(C)Nc1ncnc(OCC)c1N. The zero-order valence-electron chi connectivity index (χ0n) is 11.6. The van der Waals surface area contributed by atoms with Gasteiger partial charge < -0.3 is 21.1 Å². The van der Waals surface area contributed by atoms with Gasteiger partial charge in [-0.15, -0.1) is 0 Å². The lowest BCUT2D eigenvalue weighted by Gasteiger charge is -2.16. The topological polar surface area (TPSA) is 102 Å². The standard InChI is InChI=1S/C12H21N5O2/c1-4-6-14-11(18)8(3)17-10-9(13)12(19-5-2)16-7-15-10/h7-8H,4-6,13H2,1-3H3,(H,14,18)(H,15,16,17). The number of hydrogen-bond acceptors (Lipinski definition) is 6. The van der Waals surface area contributed by atoms with Crippen LogP contribution in [0.2, 0.25) is 0 Å². The number of ether oxygens (including phenoxy) is 1. The van der Waals surface area contributed by atoms with Gasteiger partial charge in [-0.1, -0.05) is 6.92 Å². The quantitative estimate of drug-likeness (QED) is 0.675. The Morgan fingerprint density at radius 2 is 2.21 bits per heavy atom. The molecule has 1 aromatic heterocycles. The smallest absolute Gasteiger partial charge is 0.242 e. The maximum absolute atomic E-state index is 11.7. The highest BCUT2D eigenvalue weighted by Crippen LogP contribution is 2.24. The summed E-state index contributed by atoms with van der Waals surface area (Å²) in [6.07, 6.45) is 2.24. The summed E-state index contributed by atoms with van der Waals surface area (Å²) in [5.41, 5.74) is 6.18. The molecule has 0 radical (unpaired) electrons. The van der Waals surface area contributed by atoms with Crippen LogP contribution >= 0.6 is 0 Å². The van der Waals surface area contributed by atoms with E-state index in [9.17, 15) is 4.79 Å². The minimum Gasteiger partial charge on any atom is -0.476 e. The number of carbonyl (C=O) groups is 1. The van der Waals surface area contributed by atoms with Crippen molar-refractivity contribution in [3.05, 3.63) is 6.33 Å². The van der Waals surface area contributed by atoms with E-state index in [4.69, 9.17) is 10.5 Å². The van der Waals surface area contributed by atoms with Crippen molar-refractivity contribution in [1.29, 1.82) is 0 Å². The lowest BCUT2D eigenvalue weighted by Crippen LogP contribution is -2.38. The van der Waals surface area contributed by atoms with Crippen molar-refractivity contribution in [3.63, 3.8) is 0 Å². The third-order valence-corrected chi connectivity index (χ3v) is 2.42. The lowest BCUT2D eigenvalue weighted by molar-refractivity contribution is -0.121. The van der Waals surface area contributed by atoms with Crippen molar-refractivity contribution in [2.45, 2.75) is 33.2 Å². The first-order valence-electron chi connectivity index (χ1n) is 6.37. The Labute approximate surface area is 113 Å². The molecule has 1 heterocycles. The fraction of sp³-hybridized carbons (Fsp3) is 0.583. The molecule has 0 spiro atoms. The average Bonchev–Trinajstić information content (AvgIpc) is 2.40. The van der Waals surface area contributed by atoms with Gasteiger partial charge in [-0.3, -0.25) is 4.79 Å². The van der Waals surface area contributed by atoms with E-state index in [0.717, 1.165) is 6.42 Å². The number of amides is 1. The number of rotatable bonds is 7. The van der Waals surface area contributed by atoms with E-state index in [1.165, 1.54) is 6.33 Å². The Kier molecular flexibility index (Phi) is 5.84. The molecular weight excluding hydrogens is 246 g/mol. The summed E-state index contributed by atoms with van der Waals surface area (Å²) in [5.74, 6) is 0.622. The Morgan fingerprint density at radius 1 is 1.47 bits per heavy atom. The van der Waals surface area contributed by atoms with Crippen molar-refractivity contribution in [2.75, 3.05) is 24.2 Å². The van der Waals surface area contributed by atoms with E-state index < -0.39 is 6.04 Å². The maximum atomic E-state index is 11.7. The summed E-state index contributed by atoms with van der Waals surface area (Å²) >= 11 is 0. The van der Waals surface area contributed by atoms with Crippen molar-refractivity contribution < 1.29 is 9.53 Å². The molecule has 1 atom stereocenters. The minimum atomic E-state index is -0.432. The highest BCUT2D eigenvalue weighted by Gasteiger charge is 2.16. The van der Waals surface area contributed by atoms with Crippen LogP contribution in [0.15, 0.2) is 6.33 Å². The van der Waals surface area contributed by atoms with Gasteiger partial charge in [-0.2, -0.15) is 4.98 Å². The van der Waals surface area contributed by atoms with Crippen LogP contribution in [-0.4, -0.2) is 35.1 Å². The summed E-state index contributed by atoms with van der Waals surface area (Å²) in [6.45, 7) is 6.69. The van der Waals surface area contributed by atoms with Gasteiger partial charge in [-0.05, 0) is 20.3 Å². The molecule has 0 saturated heterocycles. The molecule has 7 heteroatoms. The molecule has 0 bridgehead atoms. The Bertz CT molecular complexity index is 425. The largest absolute Gasteiger partial charge is 0.476 e. The molecule has 1 amide bonds. The molecule has 0 aliphatic rings. The van der Waals surface area contributed by atoms with Crippen LogP contribution in [0.25, 0.3) is 0 Å². The highest BCUT2D eigenvalue weighted by atomic mass is 16.5. The van der Waals surface area contributed by atoms with Gasteiger partial charge >= 0.3 is 0 Å². The summed E-state index contributed by atoms with van der Waals surface area (Å²) in [6, 6.07) is -0.432. The summed E-state index contributed by atoms with van der Waals surface area (Å²) in [5, 5.41) is 5.74. The predicted molar refractivity (Wildman–Crippen MR) is 74.0 cm³/mol. The molecule has 4 N–H and O–H groups in total. The molecule has 0 aliphatic heterocycles. The summed E-state index contributed by atoms with van der Waals surface area (Å²) in [7, 11) is 0. The van der Waals surface area contributed by atoms with Crippen LogP contribution in [-0.2, 0) is 4.79 Å². The molecule has 0 aromatic carbocycles. The van der Waals surface area contributed by atoms with Crippen LogP contribution < -0.4 is 21.1 Å². The molecule has 1 unspecified atom stereocenters. The van der Waals surface area contributed by atoms with E-state index in [0.29, 0.717) is 30.5 Å². The maximum Gasteiger partial charge on any atom is 0.242 e. The van der Waals surface area contributed by atoms with Crippen molar-refractivity contribution >= 4 is 17.4 Å². The van der Waals surface area contributed by atoms with Crippen LogP contribution in [0, 0.1) is 0 Å². The lowest BCUT2D eigenvalue weighted by atomic mass is 10.3. The molecule has 106 valence electrons. The van der Waals surface area contributed by atoms with Gasteiger partial charge in [0.1, 0.15) is 18.1 Å². The van der Waals surface area contributed by atoms with Crippen LogP contribution in [0.3, 0.4) is 0 Å². The monoisotopic (exact) mass is 267 g/mol. The van der Waals surface area contributed by atoms with E-state index in [1.54, 1.807) is 6.92 Å². The summed E-state index contributed by atoms with van der Waals surface area (Å²) < 4.78 is 5.27. The fourth-order valence-corrected chi connectivity index (χ4v) is 1.42. The number of nitrogens with one attached hydrogen (secondary N) is 2. The van der Waals surface area contributed by atoms with E-state index in [-0.39, 0.29) is 5.91 Å². The van der Waals surface area contributed by atoms with Crippen molar-refractivity contribution in [1.82, 2.24) is 15.3 Å². The molecule has 1 aromatic rings. The number of hydrogen-bond donors (Lipinski definition) is 3. The second kappa shape index (κ2) is 7.40. The van der Waals surface area contributed by atoms with E-state index in [1.807, 2.05) is 13.8 Å². The molecule has 0 fully saturated rings. The third-order valence-electron chi connectivity index (χ3n) is 2.42. The first-order chi connectivity index (χ1) is 9.10. The Hall–Kier alpha value is -2.05. The van der Waals surface area contributed by atoms with Crippen molar-refractivity contribution in [2.24, 2.45) is 0 Å². The van der Waals surface area contributed by atoms with Gasteiger partial charge in [0.05, 0.1) is 6.61 Å². The number of carbonyl (C=O) groups excluding carboxylic acids is 1. The number of nitrogens with zero attached hydrogens (tertiary/aromatic N) is 2. The van der Waals surface area contributed by atoms with Gasteiger partial charge in [0.25, 0.3) is 0 Å². The first-order valence-corrected chi connectivity index (χ1v) is 6.37. The number of aromatic nitrogens is 2. The molecule has 19 heavy (non-hydrogen) atoms. The molecule has 0 saturated carbocycles. The van der Waals surface area contributed by atoms with Crippen molar-refractivity contribution in [3.8, 4) is 5.88 Å². The highest BCUT2D eigenvalue weighted by molar-refractivity contribution is 5.85. The second-order valence-corrected chi connectivity index (χ2v) is 4.03.